The predicted molar refractivity (Wildman–Crippen MR) is 68.6 cm³/mol. The van der Waals surface area contributed by atoms with Crippen molar-refractivity contribution in [3.05, 3.63) is 41.2 Å². The molecular formula is C12H15ClN4. The predicted octanol–water partition coefficient (Wildman–Crippen LogP) is 2.07. The summed E-state index contributed by atoms with van der Waals surface area (Å²) in [6.07, 6.45) is 3.77. The highest BCUT2D eigenvalue weighted by Gasteiger charge is 2.08. The van der Waals surface area contributed by atoms with E-state index in [0.717, 1.165) is 30.8 Å². The van der Waals surface area contributed by atoms with E-state index in [2.05, 4.69) is 15.6 Å². The fourth-order valence-electron chi connectivity index (χ4n) is 1.70. The van der Waals surface area contributed by atoms with Gasteiger partial charge in [-0.25, -0.2) is 4.68 Å². The average molecular weight is 251 g/mol. The molecule has 0 aliphatic heterocycles. The van der Waals surface area contributed by atoms with Gasteiger partial charge < -0.3 is 5.32 Å². The van der Waals surface area contributed by atoms with Crippen LogP contribution in [-0.4, -0.2) is 28.6 Å². The average Bonchev–Trinajstić information content (AvgIpc) is 2.78. The summed E-state index contributed by atoms with van der Waals surface area (Å²) in [6, 6.07) is 7.65. The van der Waals surface area contributed by atoms with Gasteiger partial charge in [-0.1, -0.05) is 28.9 Å². The Balaban J connectivity index is 2.22. The van der Waals surface area contributed by atoms with Gasteiger partial charge in [0.1, 0.15) is 0 Å². The molecule has 0 aliphatic carbocycles. The first kappa shape index (κ1) is 12.1. The van der Waals surface area contributed by atoms with Crippen molar-refractivity contribution in [3.63, 3.8) is 0 Å². The van der Waals surface area contributed by atoms with E-state index in [4.69, 9.17) is 11.6 Å². The number of hydrogen-bond donors (Lipinski definition) is 1. The number of hydrogen-bond acceptors (Lipinski definition) is 3. The normalized spacial score (nSPS) is 10.7. The lowest BCUT2D eigenvalue weighted by molar-refractivity contribution is 0.687. The summed E-state index contributed by atoms with van der Waals surface area (Å²) in [4.78, 5) is 0. The van der Waals surface area contributed by atoms with Crippen molar-refractivity contribution in [2.45, 2.75) is 12.8 Å². The lowest BCUT2D eigenvalue weighted by Crippen LogP contribution is -2.10. The molecular weight excluding hydrogens is 236 g/mol. The molecule has 4 nitrogen and oxygen atoms in total. The monoisotopic (exact) mass is 250 g/mol. The standard InChI is InChI=1S/C12H15ClN4/c1-14-8-4-5-10-9-15-16-17(10)12-7-3-2-6-11(12)13/h2-3,6-7,9,14H,4-5,8H2,1H3. The maximum Gasteiger partial charge on any atom is 0.0852 e. The van der Waals surface area contributed by atoms with Crippen molar-refractivity contribution in [1.29, 1.82) is 0 Å². The molecule has 0 unspecified atom stereocenters. The van der Waals surface area contributed by atoms with E-state index < -0.39 is 0 Å². The van der Waals surface area contributed by atoms with E-state index in [9.17, 15) is 0 Å². The molecule has 0 bridgehead atoms. The number of benzene rings is 1. The third kappa shape index (κ3) is 2.84. The molecule has 0 aliphatic rings. The molecule has 2 rings (SSSR count). The van der Waals surface area contributed by atoms with Crippen molar-refractivity contribution < 1.29 is 0 Å². The second kappa shape index (κ2) is 5.80. The summed E-state index contributed by atoms with van der Waals surface area (Å²) in [5.41, 5.74) is 1.96. The van der Waals surface area contributed by atoms with Gasteiger partial charge >= 0.3 is 0 Å². The number of aryl methyl sites for hydroxylation is 1. The molecule has 17 heavy (non-hydrogen) atoms. The van der Waals surface area contributed by atoms with E-state index in [1.165, 1.54) is 0 Å². The van der Waals surface area contributed by atoms with Gasteiger partial charge in [0.05, 0.1) is 22.6 Å². The lowest BCUT2D eigenvalue weighted by atomic mass is 10.2. The minimum Gasteiger partial charge on any atom is -0.320 e. The zero-order valence-corrected chi connectivity index (χ0v) is 10.5. The molecule has 0 spiro atoms. The third-order valence-electron chi connectivity index (χ3n) is 2.56. The summed E-state index contributed by atoms with van der Waals surface area (Å²) in [5, 5.41) is 11.9. The van der Waals surface area contributed by atoms with Crippen LogP contribution in [0.2, 0.25) is 5.02 Å². The summed E-state index contributed by atoms with van der Waals surface area (Å²) in [6.45, 7) is 0.980. The highest BCUT2D eigenvalue weighted by molar-refractivity contribution is 6.32. The topological polar surface area (TPSA) is 42.7 Å². The minimum atomic E-state index is 0.688. The van der Waals surface area contributed by atoms with Crippen LogP contribution in [0.15, 0.2) is 30.5 Å². The van der Waals surface area contributed by atoms with Crippen molar-refractivity contribution in [2.24, 2.45) is 0 Å². The van der Waals surface area contributed by atoms with Crippen LogP contribution in [0.3, 0.4) is 0 Å². The van der Waals surface area contributed by atoms with Gasteiger partial charge in [-0.3, -0.25) is 0 Å². The van der Waals surface area contributed by atoms with Gasteiger partial charge in [-0.15, -0.1) is 5.10 Å². The first-order valence-corrected chi connectivity index (χ1v) is 6.00. The Bertz CT molecular complexity index is 481. The minimum absolute atomic E-state index is 0.688. The Morgan fingerprint density at radius 1 is 1.35 bits per heavy atom. The van der Waals surface area contributed by atoms with Crippen LogP contribution in [0, 0.1) is 0 Å². The van der Waals surface area contributed by atoms with Crippen molar-refractivity contribution >= 4 is 11.6 Å². The largest absolute Gasteiger partial charge is 0.320 e. The molecule has 0 amide bonds. The zero-order chi connectivity index (χ0) is 12.1. The van der Waals surface area contributed by atoms with Crippen LogP contribution in [0.5, 0.6) is 0 Å². The number of halogens is 1. The Hall–Kier alpha value is -1.39. The van der Waals surface area contributed by atoms with Gasteiger partial charge in [-0.2, -0.15) is 0 Å². The summed E-state index contributed by atoms with van der Waals surface area (Å²) >= 11 is 6.15. The lowest BCUT2D eigenvalue weighted by Gasteiger charge is -2.07. The van der Waals surface area contributed by atoms with E-state index in [-0.39, 0.29) is 0 Å². The van der Waals surface area contributed by atoms with Crippen molar-refractivity contribution in [2.75, 3.05) is 13.6 Å². The second-order valence-corrected chi connectivity index (χ2v) is 4.20. The molecule has 1 aromatic carbocycles. The Morgan fingerprint density at radius 2 is 2.18 bits per heavy atom. The number of aromatic nitrogens is 3. The van der Waals surface area contributed by atoms with Crippen molar-refractivity contribution in [1.82, 2.24) is 20.3 Å². The Labute approximate surface area is 106 Å². The second-order valence-electron chi connectivity index (χ2n) is 3.80. The van der Waals surface area contributed by atoms with Crippen LogP contribution in [0.25, 0.3) is 5.69 Å². The number of para-hydroxylation sites is 1. The zero-order valence-electron chi connectivity index (χ0n) is 9.73. The summed E-state index contributed by atoms with van der Waals surface area (Å²) in [7, 11) is 1.95. The highest BCUT2D eigenvalue weighted by atomic mass is 35.5. The summed E-state index contributed by atoms with van der Waals surface area (Å²) < 4.78 is 1.80. The van der Waals surface area contributed by atoms with Crippen molar-refractivity contribution in [3.8, 4) is 5.69 Å². The third-order valence-corrected chi connectivity index (χ3v) is 2.88. The summed E-state index contributed by atoms with van der Waals surface area (Å²) in [5.74, 6) is 0. The van der Waals surface area contributed by atoms with Crippen LogP contribution < -0.4 is 5.32 Å². The van der Waals surface area contributed by atoms with E-state index in [1.807, 2.05) is 31.3 Å². The van der Waals surface area contributed by atoms with Gasteiger partial charge in [0.25, 0.3) is 0 Å². The molecule has 2 aromatic rings. The molecule has 0 saturated carbocycles. The van der Waals surface area contributed by atoms with Crippen LogP contribution in [0.1, 0.15) is 12.1 Å². The fraction of sp³-hybridized carbons (Fsp3) is 0.333. The molecule has 5 heteroatoms. The Morgan fingerprint density at radius 3 is 2.94 bits per heavy atom. The highest BCUT2D eigenvalue weighted by Crippen LogP contribution is 2.20. The molecule has 1 aromatic heterocycles. The van der Waals surface area contributed by atoms with Gasteiger partial charge in [0, 0.05) is 0 Å². The smallest absolute Gasteiger partial charge is 0.0852 e. The Kier molecular flexibility index (Phi) is 4.12. The quantitative estimate of drug-likeness (QED) is 0.827. The first-order chi connectivity index (χ1) is 8.33. The van der Waals surface area contributed by atoms with Gasteiger partial charge in [0.2, 0.25) is 0 Å². The molecule has 0 radical (unpaired) electrons. The van der Waals surface area contributed by atoms with Crippen LogP contribution >= 0.6 is 11.6 Å². The molecule has 0 atom stereocenters. The van der Waals surface area contributed by atoms with E-state index >= 15 is 0 Å². The van der Waals surface area contributed by atoms with Gasteiger partial charge in [-0.05, 0) is 38.6 Å². The number of rotatable bonds is 5. The molecule has 90 valence electrons. The molecule has 0 saturated heterocycles. The van der Waals surface area contributed by atoms with E-state index in [0.29, 0.717) is 5.02 Å². The fourth-order valence-corrected chi connectivity index (χ4v) is 1.92. The molecule has 0 fully saturated rings. The SMILES string of the molecule is CNCCCc1cnnn1-c1ccccc1Cl. The van der Waals surface area contributed by atoms with Crippen LogP contribution in [-0.2, 0) is 6.42 Å². The first-order valence-electron chi connectivity index (χ1n) is 5.62. The molecule has 1 heterocycles. The maximum absolute atomic E-state index is 6.15. The number of nitrogens with one attached hydrogen (secondary N) is 1. The van der Waals surface area contributed by atoms with Crippen LogP contribution in [0.4, 0.5) is 0 Å². The van der Waals surface area contributed by atoms with E-state index in [1.54, 1.807) is 10.9 Å². The number of nitrogens with zero attached hydrogens (tertiary/aromatic N) is 3. The maximum atomic E-state index is 6.15. The van der Waals surface area contributed by atoms with Gasteiger partial charge in [0.15, 0.2) is 0 Å². The molecule has 1 N–H and O–H groups in total.